The lowest BCUT2D eigenvalue weighted by Crippen LogP contribution is -2.22. The molecule has 0 unspecified atom stereocenters. The summed E-state index contributed by atoms with van der Waals surface area (Å²) in [6.07, 6.45) is 0. The number of nitrogens with zero attached hydrogens (tertiary/aromatic N) is 3. The van der Waals surface area contributed by atoms with Gasteiger partial charge in [-0.05, 0) is 68.0 Å². The maximum Gasteiger partial charge on any atom is 0.209 e. The molecule has 0 spiro atoms. The van der Waals surface area contributed by atoms with Crippen LogP contribution in [0.4, 0.5) is 15.2 Å². The number of aromatic nitrogens is 2. The summed E-state index contributed by atoms with van der Waals surface area (Å²) in [4.78, 5) is 2.09. The molecular weight excluding hydrogens is 367 g/mol. The molecule has 1 heterocycles. The Morgan fingerprint density at radius 1 is 1.19 bits per heavy atom. The molecule has 7 heteroatoms. The Balaban J connectivity index is 1.68. The highest BCUT2D eigenvalue weighted by atomic mass is 32.1. The van der Waals surface area contributed by atoms with Gasteiger partial charge in [0.25, 0.3) is 0 Å². The fraction of sp³-hybridized carbons (Fsp3) is 0.263. The zero-order valence-electron chi connectivity index (χ0n) is 15.0. The van der Waals surface area contributed by atoms with Crippen molar-refractivity contribution in [2.75, 3.05) is 12.4 Å². The van der Waals surface area contributed by atoms with Gasteiger partial charge in [-0.15, -0.1) is 5.10 Å². The quantitative estimate of drug-likeness (QED) is 0.584. The van der Waals surface area contributed by atoms with E-state index in [1.165, 1.54) is 34.6 Å². The van der Waals surface area contributed by atoms with E-state index in [-0.39, 0.29) is 5.82 Å². The summed E-state index contributed by atoms with van der Waals surface area (Å²) in [6.45, 7) is 5.44. The molecule has 0 fully saturated rings. The topological polar surface area (TPSA) is 33.1 Å². The first-order valence-corrected chi connectivity index (χ1v) is 9.49. The van der Waals surface area contributed by atoms with Crippen molar-refractivity contribution in [2.24, 2.45) is 0 Å². The highest BCUT2D eigenvalue weighted by molar-refractivity contribution is 7.73. The van der Waals surface area contributed by atoms with Gasteiger partial charge in [0.15, 0.2) is 3.95 Å². The largest absolute Gasteiger partial charge is 0.330 e. The molecule has 136 valence electrons. The Kier molecular flexibility index (Phi) is 5.80. The number of nitrogens with one attached hydrogen (secondary N) is 1. The summed E-state index contributed by atoms with van der Waals surface area (Å²) in [7, 11) is 1.99. The van der Waals surface area contributed by atoms with E-state index >= 15 is 0 Å². The van der Waals surface area contributed by atoms with Crippen molar-refractivity contribution in [1.82, 2.24) is 14.7 Å². The van der Waals surface area contributed by atoms with Gasteiger partial charge in [-0.25, -0.2) is 9.07 Å². The third kappa shape index (κ3) is 4.55. The normalized spacial score (nSPS) is 11.1. The summed E-state index contributed by atoms with van der Waals surface area (Å²) >= 11 is 6.90. The van der Waals surface area contributed by atoms with E-state index in [1.807, 2.05) is 19.2 Å². The number of benzene rings is 2. The lowest BCUT2D eigenvalue weighted by molar-refractivity contribution is 0.245. The summed E-state index contributed by atoms with van der Waals surface area (Å²) in [5.74, 6) is -0.222. The molecule has 4 nitrogen and oxygen atoms in total. The van der Waals surface area contributed by atoms with E-state index in [9.17, 15) is 4.39 Å². The second-order valence-corrected chi connectivity index (χ2v) is 7.95. The molecule has 0 aliphatic carbocycles. The fourth-order valence-corrected chi connectivity index (χ4v) is 3.63. The van der Waals surface area contributed by atoms with Crippen molar-refractivity contribution in [3.05, 3.63) is 68.9 Å². The Bertz CT molecular complexity index is 947. The molecule has 0 radical (unpaired) electrons. The number of halogens is 1. The second-order valence-electron chi connectivity index (χ2n) is 6.33. The zero-order chi connectivity index (χ0) is 18.7. The van der Waals surface area contributed by atoms with Crippen LogP contribution in [0, 0.1) is 23.6 Å². The maximum atomic E-state index is 13.0. The van der Waals surface area contributed by atoms with Crippen LogP contribution < -0.4 is 5.32 Å². The Hall–Kier alpha value is -2.09. The third-order valence-electron chi connectivity index (χ3n) is 4.19. The minimum absolute atomic E-state index is 0.222. The van der Waals surface area contributed by atoms with E-state index in [4.69, 9.17) is 12.2 Å². The number of anilines is 2. The molecule has 3 aromatic rings. The molecule has 1 N–H and O–H groups in total. The molecule has 0 saturated heterocycles. The highest BCUT2D eigenvalue weighted by Crippen LogP contribution is 2.25. The molecule has 2 aromatic carbocycles. The molecule has 0 aliphatic rings. The van der Waals surface area contributed by atoms with E-state index in [1.54, 1.807) is 16.8 Å². The van der Waals surface area contributed by atoms with Gasteiger partial charge in [-0.2, -0.15) is 0 Å². The monoisotopic (exact) mass is 388 g/mol. The van der Waals surface area contributed by atoms with Gasteiger partial charge in [0.1, 0.15) is 5.82 Å². The predicted octanol–water partition coefficient (Wildman–Crippen LogP) is 5.26. The molecule has 0 amide bonds. The average Bonchev–Trinajstić information content (AvgIpc) is 2.93. The van der Waals surface area contributed by atoms with E-state index < -0.39 is 0 Å². The zero-order valence-corrected chi connectivity index (χ0v) is 16.6. The Morgan fingerprint density at radius 2 is 1.92 bits per heavy atom. The summed E-state index contributed by atoms with van der Waals surface area (Å²) < 4.78 is 15.5. The van der Waals surface area contributed by atoms with Gasteiger partial charge < -0.3 is 5.32 Å². The van der Waals surface area contributed by atoms with Crippen LogP contribution >= 0.6 is 23.6 Å². The highest BCUT2D eigenvalue weighted by Gasteiger charge is 2.09. The number of rotatable bonds is 6. The van der Waals surface area contributed by atoms with Gasteiger partial charge in [-0.1, -0.05) is 35.6 Å². The van der Waals surface area contributed by atoms with Crippen LogP contribution in [0.5, 0.6) is 0 Å². The van der Waals surface area contributed by atoms with Crippen molar-refractivity contribution in [1.29, 1.82) is 0 Å². The van der Waals surface area contributed by atoms with Crippen molar-refractivity contribution in [3.63, 3.8) is 0 Å². The first kappa shape index (κ1) is 18.7. The summed E-state index contributed by atoms with van der Waals surface area (Å²) in [6, 6.07) is 12.7. The first-order valence-electron chi connectivity index (χ1n) is 8.26. The van der Waals surface area contributed by atoms with Gasteiger partial charge >= 0.3 is 0 Å². The Morgan fingerprint density at radius 3 is 2.65 bits per heavy atom. The number of aryl methyl sites for hydroxylation is 1. The lowest BCUT2D eigenvalue weighted by Gasteiger charge is -2.16. The SMILES string of the molecule is Cc1cccc(Nc2nn(CN(C)Cc3ccc(F)cc3)c(=S)s2)c1C. The minimum Gasteiger partial charge on any atom is -0.330 e. The van der Waals surface area contributed by atoms with E-state index in [0.717, 1.165) is 16.4 Å². The third-order valence-corrected chi connectivity index (χ3v) is 5.42. The van der Waals surface area contributed by atoms with Crippen LogP contribution in [0.25, 0.3) is 0 Å². The number of hydrogen-bond acceptors (Lipinski definition) is 5. The molecule has 0 bridgehead atoms. The van der Waals surface area contributed by atoms with Crippen molar-refractivity contribution < 1.29 is 4.39 Å². The van der Waals surface area contributed by atoms with Crippen LogP contribution in [-0.2, 0) is 13.2 Å². The van der Waals surface area contributed by atoms with Crippen molar-refractivity contribution >= 4 is 34.4 Å². The summed E-state index contributed by atoms with van der Waals surface area (Å²) in [5, 5.41) is 8.73. The first-order chi connectivity index (χ1) is 12.4. The molecule has 0 saturated carbocycles. The lowest BCUT2D eigenvalue weighted by atomic mass is 10.1. The van der Waals surface area contributed by atoms with Gasteiger partial charge in [-0.3, -0.25) is 4.90 Å². The van der Waals surface area contributed by atoms with Gasteiger partial charge in [0.2, 0.25) is 5.13 Å². The molecule has 1 aromatic heterocycles. The fourth-order valence-electron chi connectivity index (χ4n) is 2.63. The van der Waals surface area contributed by atoms with E-state index in [2.05, 4.69) is 35.2 Å². The average molecular weight is 389 g/mol. The molecular formula is C19H21FN4S2. The molecule has 0 aliphatic heterocycles. The van der Waals surface area contributed by atoms with Gasteiger partial charge in [0.05, 0.1) is 6.67 Å². The minimum atomic E-state index is -0.222. The summed E-state index contributed by atoms with van der Waals surface area (Å²) in [5.41, 5.74) is 4.52. The molecule has 0 atom stereocenters. The van der Waals surface area contributed by atoms with Crippen LogP contribution in [0.2, 0.25) is 0 Å². The smallest absolute Gasteiger partial charge is 0.209 e. The number of hydrogen-bond donors (Lipinski definition) is 1. The molecule has 3 rings (SSSR count). The van der Waals surface area contributed by atoms with E-state index in [0.29, 0.717) is 17.2 Å². The van der Waals surface area contributed by atoms with Crippen LogP contribution in [0.3, 0.4) is 0 Å². The van der Waals surface area contributed by atoms with Crippen molar-refractivity contribution in [3.8, 4) is 0 Å². The van der Waals surface area contributed by atoms with Crippen molar-refractivity contribution in [2.45, 2.75) is 27.1 Å². The van der Waals surface area contributed by atoms with Crippen LogP contribution in [0.15, 0.2) is 42.5 Å². The second kappa shape index (κ2) is 8.07. The van der Waals surface area contributed by atoms with Gasteiger partial charge in [0, 0.05) is 12.2 Å². The standard InChI is InChI=1S/C19H21FN4S2/c1-13-5-4-6-17(14(13)2)21-18-22-24(19(25)26-18)12-23(3)11-15-7-9-16(20)10-8-15/h4-10H,11-12H2,1-3H3,(H,21,22). The van der Waals surface area contributed by atoms with Crippen LogP contribution in [0.1, 0.15) is 16.7 Å². The predicted molar refractivity (Wildman–Crippen MR) is 108 cm³/mol. The molecule has 26 heavy (non-hydrogen) atoms. The van der Waals surface area contributed by atoms with Crippen LogP contribution in [-0.4, -0.2) is 21.7 Å². The Labute approximate surface area is 161 Å². The maximum absolute atomic E-state index is 13.0.